The summed E-state index contributed by atoms with van der Waals surface area (Å²) in [5.74, 6) is 0.928. The first-order valence-electron chi connectivity index (χ1n) is 6.75. The van der Waals surface area contributed by atoms with Gasteiger partial charge in [0.15, 0.2) is 0 Å². The standard InChI is InChI=1S/C15H22FNOS/c1-12(13-4-6-14(16)7-5-13)10-17-8-9-19(18)15(2,3)11-17/h4-7,12H,8-11H2,1-3H3/t12-,19-/m1/s1. The molecule has 1 heterocycles. The fourth-order valence-electron chi connectivity index (χ4n) is 2.62. The molecule has 19 heavy (non-hydrogen) atoms. The second-order valence-corrected chi connectivity index (χ2v) is 8.20. The summed E-state index contributed by atoms with van der Waals surface area (Å²) < 4.78 is 24.7. The third-order valence-corrected chi connectivity index (χ3v) is 5.70. The van der Waals surface area contributed by atoms with E-state index in [1.54, 1.807) is 0 Å². The molecule has 0 saturated carbocycles. The normalized spacial score (nSPS) is 25.2. The quantitative estimate of drug-likeness (QED) is 0.850. The van der Waals surface area contributed by atoms with Gasteiger partial charge in [-0.05, 0) is 37.5 Å². The molecule has 106 valence electrons. The molecule has 4 heteroatoms. The topological polar surface area (TPSA) is 20.3 Å². The molecule has 0 radical (unpaired) electrons. The fourth-order valence-corrected chi connectivity index (χ4v) is 3.92. The first-order valence-corrected chi connectivity index (χ1v) is 8.07. The highest BCUT2D eigenvalue weighted by Crippen LogP contribution is 2.23. The molecular formula is C15H22FNOS. The summed E-state index contributed by atoms with van der Waals surface area (Å²) in [5.41, 5.74) is 1.16. The van der Waals surface area contributed by atoms with Crippen molar-refractivity contribution in [3.63, 3.8) is 0 Å². The lowest BCUT2D eigenvalue weighted by atomic mass is 10.00. The summed E-state index contributed by atoms with van der Waals surface area (Å²) in [6, 6.07) is 6.74. The minimum atomic E-state index is -0.725. The van der Waals surface area contributed by atoms with E-state index in [2.05, 4.69) is 25.7 Å². The van der Waals surface area contributed by atoms with Crippen molar-refractivity contribution in [2.24, 2.45) is 0 Å². The molecule has 2 atom stereocenters. The molecule has 1 saturated heterocycles. The summed E-state index contributed by atoms with van der Waals surface area (Å²) in [5, 5.41) is 0. The minimum Gasteiger partial charge on any atom is -0.300 e. The van der Waals surface area contributed by atoms with Gasteiger partial charge >= 0.3 is 0 Å². The lowest BCUT2D eigenvalue weighted by Crippen LogP contribution is -2.50. The molecule has 1 fully saturated rings. The van der Waals surface area contributed by atoms with Crippen LogP contribution < -0.4 is 0 Å². The Hall–Kier alpha value is -0.740. The van der Waals surface area contributed by atoms with E-state index in [1.807, 2.05) is 12.1 Å². The van der Waals surface area contributed by atoms with E-state index in [9.17, 15) is 8.60 Å². The highest BCUT2D eigenvalue weighted by atomic mass is 32.2. The molecule has 0 aromatic heterocycles. The Morgan fingerprint density at radius 3 is 2.58 bits per heavy atom. The summed E-state index contributed by atoms with van der Waals surface area (Å²) in [6.45, 7) is 8.99. The van der Waals surface area contributed by atoms with Gasteiger partial charge in [0.05, 0.1) is 4.75 Å². The predicted octanol–water partition coefficient (Wildman–Crippen LogP) is 2.77. The zero-order valence-electron chi connectivity index (χ0n) is 11.9. The third kappa shape index (κ3) is 3.63. The van der Waals surface area contributed by atoms with E-state index < -0.39 is 10.8 Å². The minimum absolute atomic E-state index is 0.124. The van der Waals surface area contributed by atoms with Crippen LogP contribution in [0.4, 0.5) is 4.39 Å². The maximum Gasteiger partial charge on any atom is 0.123 e. The van der Waals surface area contributed by atoms with Gasteiger partial charge in [0, 0.05) is 36.2 Å². The first kappa shape index (κ1) is 14.7. The summed E-state index contributed by atoms with van der Waals surface area (Å²) in [4.78, 5) is 2.37. The Kier molecular flexibility index (Phi) is 4.41. The molecule has 0 unspecified atom stereocenters. The van der Waals surface area contributed by atoms with Crippen LogP contribution in [0.25, 0.3) is 0 Å². The van der Waals surface area contributed by atoms with Gasteiger partial charge in [0.1, 0.15) is 5.82 Å². The zero-order chi connectivity index (χ0) is 14.0. The van der Waals surface area contributed by atoms with Gasteiger partial charge in [-0.25, -0.2) is 4.39 Å². The molecule has 2 nitrogen and oxygen atoms in total. The second kappa shape index (κ2) is 5.71. The smallest absolute Gasteiger partial charge is 0.123 e. The number of nitrogens with zero attached hydrogens (tertiary/aromatic N) is 1. The van der Waals surface area contributed by atoms with Gasteiger partial charge in [-0.2, -0.15) is 0 Å². The average Bonchev–Trinajstić information content (AvgIpc) is 2.34. The number of hydrogen-bond donors (Lipinski definition) is 0. The Morgan fingerprint density at radius 1 is 1.37 bits per heavy atom. The van der Waals surface area contributed by atoms with E-state index in [-0.39, 0.29) is 10.6 Å². The van der Waals surface area contributed by atoms with Crippen LogP contribution in [-0.4, -0.2) is 39.2 Å². The molecule has 2 rings (SSSR count). The van der Waals surface area contributed by atoms with E-state index in [4.69, 9.17) is 0 Å². The first-order chi connectivity index (χ1) is 8.88. The maximum atomic E-state index is 12.9. The molecule has 0 spiro atoms. The molecule has 1 aromatic rings. The van der Waals surface area contributed by atoms with Crippen molar-refractivity contribution in [3.8, 4) is 0 Å². The Balaban J connectivity index is 1.98. The largest absolute Gasteiger partial charge is 0.300 e. The van der Waals surface area contributed by atoms with Crippen LogP contribution in [0.15, 0.2) is 24.3 Å². The average molecular weight is 283 g/mol. The van der Waals surface area contributed by atoms with Crippen LogP contribution in [-0.2, 0) is 10.8 Å². The third-order valence-electron chi connectivity index (χ3n) is 3.78. The van der Waals surface area contributed by atoms with Crippen molar-refractivity contribution >= 4 is 10.8 Å². The molecular weight excluding hydrogens is 261 g/mol. The summed E-state index contributed by atoms with van der Waals surface area (Å²) >= 11 is 0. The van der Waals surface area contributed by atoms with Crippen LogP contribution in [0.2, 0.25) is 0 Å². The van der Waals surface area contributed by atoms with Crippen molar-refractivity contribution in [2.75, 3.05) is 25.4 Å². The number of rotatable bonds is 3. The monoisotopic (exact) mass is 283 g/mol. The van der Waals surface area contributed by atoms with Crippen LogP contribution in [0.5, 0.6) is 0 Å². The summed E-state index contributed by atoms with van der Waals surface area (Å²) in [6.07, 6.45) is 0. The molecule has 1 aromatic carbocycles. The van der Waals surface area contributed by atoms with Gasteiger partial charge in [-0.3, -0.25) is 4.21 Å². The number of benzene rings is 1. The maximum absolute atomic E-state index is 12.9. The lowest BCUT2D eigenvalue weighted by molar-refractivity contribution is 0.244. The molecule has 0 aliphatic carbocycles. The number of hydrogen-bond acceptors (Lipinski definition) is 2. The summed E-state index contributed by atoms with van der Waals surface area (Å²) in [7, 11) is -0.725. The highest BCUT2D eigenvalue weighted by Gasteiger charge is 2.33. The number of halogens is 1. The van der Waals surface area contributed by atoms with Crippen molar-refractivity contribution < 1.29 is 8.60 Å². The van der Waals surface area contributed by atoms with Crippen LogP contribution in [0.1, 0.15) is 32.3 Å². The van der Waals surface area contributed by atoms with E-state index in [1.165, 1.54) is 12.1 Å². The van der Waals surface area contributed by atoms with E-state index >= 15 is 0 Å². The molecule has 0 bridgehead atoms. The van der Waals surface area contributed by atoms with Crippen molar-refractivity contribution in [1.82, 2.24) is 4.90 Å². The fraction of sp³-hybridized carbons (Fsp3) is 0.600. The van der Waals surface area contributed by atoms with Gasteiger partial charge < -0.3 is 4.90 Å². The molecule has 0 N–H and O–H groups in total. The van der Waals surface area contributed by atoms with Gasteiger partial charge in [-0.15, -0.1) is 0 Å². The van der Waals surface area contributed by atoms with Crippen LogP contribution in [0, 0.1) is 5.82 Å². The Bertz CT molecular complexity index is 458. The Morgan fingerprint density at radius 2 is 2.00 bits per heavy atom. The van der Waals surface area contributed by atoms with Crippen molar-refractivity contribution in [3.05, 3.63) is 35.6 Å². The SMILES string of the molecule is C[C@H](CN1CC[S@@](=O)C(C)(C)C1)c1ccc(F)cc1. The highest BCUT2D eigenvalue weighted by molar-refractivity contribution is 7.86. The molecule has 0 amide bonds. The van der Waals surface area contributed by atoms with Gasteiger partial charge in [-0.1, -0.05) is 19.1 Å². The Labute approximate surface area is 117 Å². The van der Waals surface area contributed by atoms with E-state index in [0.717, 1.165) is 31.0 Å². The zero-order valence-corrected chi connectivity index (χ0v) is 12.7. The van der Waals surface area contributed by atoms with Crippen LogP contribution in [0.3, 0.4) is 0 Å². The van der Waals surface area contributed by atoms with Crippen molar-refractivity contribution in [1.29, 1.82) is 0 Å². The molecule has 1 aliphatic rings. The predicted molar refractivity (Wildman–Crippen MR) is 78.3 cm³/mol. The van der Waals surface area contributed by atoms with Crippen LogP contribution >= 0.6 is 0 Å². The van der Waals surface area contributed by atoms with Gasteiger partial charge in [0.25, 0.3) is 0 Å². The molecule has 1 aliphatic heterocycles. The lowest BCUT2D eigenvalue weighted by Gasteiger charge is -2.38. The van der Waals surface area contributed by atoms with Crippen molar-refractivity contribution in [2.45, 2.75) is 31.4 Å². The van der Waals surface area contributed by atoms with Gasteiger partial charge in [0.2, 0.25) is 0 Å². The second-order valence-electron chi connectivity index (χ2n) is 6.00. The van der Waals surface area contributed by atoms with E-state index in [0.29, 0.717) is 5.92 Å².